The first-order valence-corrected chi connectivity index (χ1v) is 8.99. The summed E-state index contributed by atoms with van der Waals surface area (Å²) in [5, 5.41) is 14.0. The molecule has 1 aliphatic heterocycles. The highest BCUT2D eigenvalue weighted by Crippen LogP contribution is 2.20. The van der Waals surface area contributed by atoms with Crippen molar-refractivity contribution in [2.75, 3.05) is 13.1 Å². The van der Waals surface area contributed by atoms with Crippen molar-refractivity contribution in [1.82, 2.24) is 10.2 Å². The Balaban J connectivity index is 1.93. The van der Waals surface area contributed by atoms with Gasteiger partial charge in [-0.2, -0.15) is 0 Å². The average molecular weight is 361 g/mol. The van der Waals surface area contributed by atoms with E-state index in [1.165, 1.54) is 0 Å². The molecular formula is C19H27N3O4. The highest BCUT2D eigenvalue weighted by molar-refractivity contribution is 5.85. The molecule has 1 saturated heterocycles. The number of hydrogen-bond acceptors (Lipinski definition) is 4. The smallest absolute Gasteiger partial charge is 0.280 e. The molecule has 4 N–H and O–H groups in total. The number of carboxylic acid groups (broad SMARTS) is 1. The fraction of sp³-hybridized carbons (Fsp3) is 0.526. The van der Waals surface area contributed by atoms with Crippen LogP contribution in [-0.4, -0.2) is 41.8 Å². The van der Waals surface area contributed by atoms with Crippen molar-refractivity contribution in [1.29, 1.82) is 0 Å². The van der Waals surface area contributed by atoms with Crippen molar-refractivity contribution in [3.8, 4) is 0 Å². The highest BCUT2D eigenvalue weighted by atomic mass is 16.4. The van der Waals surface area contributed by atoms with Crippen molar-refractivity contribution < 1.29 is 25.2 Å². The predicted molar refractivity (Wildman–Crippen MR) is 93.2 cm³/mol. The Morgan fingerprint density at radius 1 is 1.15 bits per heavy atom. The minimum atomic E-state index is -1.34. The number of benzene rings is 1. The number of likely N-dealkylation sites (tertiary alicyclic amines) is 1. The van der Waals surface area contributed by atoms with Gasteiger partial charge in [0.05, 0.1) is 12.0 Å². The third-order valence-corrected chi connectivity index (χ3v) is 4.95. The number of carboxylic acids is 1. The molecule has 1 heterocycles. The fourth-order valence-electron chi connectivity index (χ4n) is 3.07. The van der Waals surface area contributed by atoms with E-state index in [2.05, 4.69) is 11.1 Å². The number of aliphatic carboxylic acids is 1. The number of piperidine rings is 1. The predicted octanol–water partition coefficient (Wildman–Crippen LogP) is -0.901. The Morgan fingerprint density at radius 3 is 2.23 bits per heavy atom. The summed E-state index contributed by atoms with van der Waals surface area (Å²) in [6.45, 7) is 4.88. The van der Waals surface area contributed by atoms with Crippen LogP contribution in [-0.2, 0) is 14.4 Å². The van der Waals surface area contributed by atoms with E-state index in [1.807, 2.05) is 13.8 Å². The summed E-state index contributed by atoms with van der Waals surface area (Å²) in [7, 11) is 0. The van der Waals surface area contributed by atoms with Crippen molar-refractivity contribution in [3.05, 3.63) is 35.9 Å². The van der Waals surface area contributed by atoms with Crippen LogP contribution in [0.2, 0.25) is 0 Å². The van der Waals surface area contributed by atoms with Gasteiger partial charge in [0.15, 0.2) is 6.04 Å². The molecule has 2 rings (SSSR count). The fourth-order valence-corrected chi connectivity index (χ4v) is 3.07. The molecule has 26 heavy (non-hydrogen) atoms. The Morgan fingerprint density at radius 2 is 1.73 bits per heavy atom. The lowest BCUT2D eigenvalue weighted by Crippen LogP contribution is -2.70. The molecule has 1 aromatic carbocycles. The third kappa shape index (κ3) is 4.82. The standard InChI is InChI=1S/C19H27N3O4/c1-12(2)15(20)18(24)22-10-8-14(9-11-22)17(23)21-16(19(25)26)13-6-4-3-5-7-13/h3-7,12,14-16H,8-11,20H2,1-2H3,(H,21,23)(H,25,26)/t15-,16-/m0/s1. The maximum Gasteiger partial charge on any atom is 0.280 e. The van der Waals surface area contributed by atoms with Crippen LogP contribution in [0.3, 0.4) is 0 Å². The lowest BCUT2D eigenvalue weighted by Gasteiger charge is -2.33. The summed E-state index contributed by atoms with van der Waals surface area (Å²) < 4.78 is 0. The van der Waals surface area contributed by atoms with Crippen LogP contribution in [0.25, 0.3) is 0 Å². The molecule has 7 nitrogen and oxygen atoms in total. The number of nitrogens with zero attached hydrogens (tertiary/aromatic N) is 1. The van der Waals surface area contributed by atoms with E-state index in [0.717, 1.165) is 0 Å². The van der Waals surface area contributed by atoms with Crippen molar-refractivity contribution >= 4 is 17.8 Å². The second kappa shape index (κ2) is 8.80. The van der Waals surface area contributed by atoms with Crippen LogP contribution < -0.4 is 16.2 Å². The van der Waals surface area contributed by atoms with E-state index in [-0.39, 0.29) is 29.7 Å². The number of carbonyl (C=O) groups excluding carboxylic acids is 3. The zero-order valence-corrected chi connectivity index (χ0v) is 15.3. The summed E-state index contributed by atoms with van der Waals surface area (Å²) in [4.78, 5) is 38.0. The zero-order valence-electron chi connectivity index (χ0n) is 15.3. The molecule has 2 atom stereocenters. The minimum Gasteiger partial charge on any atom is -0.548 e. The van der Waals surface area contributed by atoms with Crippen molar-refractivity contribution in [3.63, 3.8) is 0 Å². The summed E-state index contributed by atoms with van der Waals surface area (Å²) in [5.74, 6) is -1.79. The molecule has 0 aromatic heterocycles. The molecule has 0 bridgehead atoms. The van der Waals surface area contributed by atoms with Crippen molar-refractivity contribution in [2.24, 2.45) is 11.8 Å². The third-order valence-electron chi connectivity index (χ3n) is 4.95. The van der Waals surface area contributed by atoms with Crippen LogP contribution in [0.15, 0.2) is 30.3 Å². The average Bonchev–Trinajstić information content (AvgIpc) is 2.65. The van der Waals surface area contributed by atoms with Gasteiger partial charge in [-0.1, -0.05) is 44.2 Å². The maximum atomic E-state index is 12.5. The zero-order chi connectivity index (χ0) is 19.3. The van der Waals surface area contributed by atoms with Gasteiger partial charge < -0.3 is 25.9 Å². The van der Waals surface area contributed by atoms with E-state index in [9.17, 15) is 19.5 Å². The van der Waals surface area contributed by atoms with Crippen LogP contribution in [0.5, 0.6) is 0 Å². The molecule has 0 aliphatic carbocycles. The number of carbonyl (C=O) groups is 3. The van der Waals surface area contributed by atoms with Gasteiger partial charge in [-0.15, -0.1) is 0 Å². The number of hydrogen-bond donors (Lipinski definition) is 2. The van der Waals surface area contributed by atoms with Gasteiger partial charge >= 0.3 is 0 Å². The molecule has 142 valence electrons. The summed E-state index contributed by atoms with van der Waals surface area (Å²) in [6.07, 6.45) is 1.02. The monoisotopic (exact) mass is 361 g/mol. The first-order chi connectivity index (χ1) is 12.3. The van der Waals surface area contributed by atoms with E-state index in [0.29, 0.717) is 31.5 Å². The molecule has 0 radical (unpaired) electrons. The Labute approximate surface area is 153 Å². The molecule has 1 aromatic rings. The molecule has 1 fully saturated rings. The summed E-state index contributed by atoms with van der Waals surface area (Å²) in [5.41, 5.74) is 4.39. The largest absolute Gasteiger partial charge is 0.548 e. The quantitative estimate of drug-likeness (QED) is 0.683. The molecular weight excluding hydrogens is 334 g/mol. The number of rotatable bonds is 6. The minimum absolute atomic E-state index is 0.00996. The van der Waals surface area contributed by atoms with Gasteiger partial charge in [0.1, 0.15) is 0 Å². The lowest BCUT2D eigenvalue weighted by molar-refractivity contribution is -0.416. The van der Waals surface area contributed by atoms with E-state index in [1.54, 1.807) is 35.2 Å². The Hall–Kier alpha value is -2.41. The molecule has 2 amide bonds. The van der Waals surface area contributed by atoms with Gasteiger partial charge in [-0.05, 0) is 18.4 Å². The van der Waals surface area contributed by atoms with Crippen LogP contribution in [0.4, 0.5) is 0 Å². The number of amides is 2. The highest BCUT2D eigenvalue weighted by Gasteiger charge is 2.32. The molecule has 1 aliphatic rings. The Bertz CT molecular complexity index is 639. The van der Waals surface area contributed by atoms with Crippen LogP contribution >= 0.6 is 0 Å². The lowest BCUT2D eigenvalue weighted by atomic mass is 9.93. The number of quaternary nitrogens is 1. The number of nitrogens with one attached hydrogen (secondary N) is 1. The topological polar surface area (TPSA) is 117 Å². The van der Waals surface area contributed by atoms with Gasteiger partial charge in [0, 0.05) is 24.9 Å². The molecule has 0 saturated carbocycles. The second-order valence-electron chi connectivity index (χ2n) is 7.12. The normalized spacial score (nSPS) is 17.6. The second-order valence-corrected chi connectivity index (χ2v) is 7.12. The van der Waals surface area contributed by atoms with Crippen LogP contribution in [0, 0.1) is 11.8 Å². The van der Waals surface area contributed by atoms with Gasteiger partial charge in [0.25, 0.3) is 5.91 Å². The molecule has 0 unspecified atom stereocenters. The van der Waals surface area contributed by atoms with E-state index < -0.39 is 12.0 Å². The molecule has 7 heteroatoms. The van der Waals surface area contributed by atoms with Crippen LogP contribution in [0.1, 0.15) is 38.3 Å². The van der Waals surface area contributed by atoms with Gasteiger partial charge in [0.2, 0.25) is 5.91 Å². The van der Waals surface area contributed by atoms with Gasteiger partial charge in [-0.25, -0.2) is 0 Å². The Kier molecular flexibility index (Phi) is 6.74. The van der Waals surface area contributed by atoms with E-state index >= 15 is 0 Å². The summed E-state index contributed by atoms with van der Waals surface area (Å²) in [6, 6.07) is 7.02. The first kappa shape index (κ1) is 19.9. The van der Waals surface area contributed by atoms with Crippen molar-refractivity contribution in [2.45, 2.75) is 38.8 Å². The maximum absolute atomic E-state index is 12.5. The first-order valence-electron chi connectivity index (χ1n) is 8.99. The van der Waals surface area contributed by atoms with Gasteiger partial charge in [-0.3, -0.25) is 9.59 Å². The molecule has 0 spiro atoms. The van der Waals surface area contributed by atoms with E-state index in [4.69, 9.17) is 0 Å². The summed E-state index contributed by atoms with van der Waals surface area (Å²) >= 11 is 0. The SMILES string of the molecule is CC(C)[C@H]([NH3+])C(=O)N1CCC(C(=O)N[C@H](C(=O)[O-])c2ccccc2)CC1.